The van der Waals surface area contributed by atoms with Gasteiger partial charge >= 0.3 is 6.18 Å². The topological polar surface area (TPSA) is 32.3 Å². The van der Waals surface area contributed by atoms with Gasteiger partial charge in [-0.2, -0.15) is 13.2 Å². The number of nitrogens with one attached hydrogen (secondary N) is 1. The molecule has 2 N–H and O–H groups in total. The lowest BCUT2D eigenvalue weighted by Gasteiger charge is -2.17. The fourth-order valence-electron chi connectivity index (χ4n) is 1.48. The molecule has 0 radical (unpaired) electrons. The number of hydrogen-bond acceptors (Lipinski definition) is 2. The highest BCUT2D eigenvalue weighted by molar-refractivity contribution is 5.25. The molecule has 0 bridgehead atoms. The Morgan fingerprint density at radius 1 is 1.22 bits per heavy atom. The summed E-state index contributed by atoms with van der Waals surface area (Å²) in [5.74, 6) is 0. The van der Waals surface area contributed by atoms with Gasteiger partial charge in [-0.25, -0.2) is 0 Å². The number of aliphatic hydroxyl groups is 1. The first-order chi connectivity index (χ1) is 8.18. The Kier molecular flexibility index (Phi) is 4.76. The van der Waals surface area contributed by atoms with Crippen molar-refractivity contribution in [2.45, 2.75) is 38.6 Å². The Bertz CT molecular complexity index is 383. The first-order valence-electron chi connectivity index (χ1n) is 5.78. The molecule has 1 rings (SSSR count). The monoisotopic (exact) mass is 261 g/mol. The van der Waals surface area contributed by atoms with E-state index in [1.807, 2.05) is 0 Å². The average molecular weight is 261 g/mol. The highest BCUT2D eigenvalue weighted by atomic mass is 19.4. The van der Waals surface area contributed by atoms with Crippen LogP contribution in [-0.2, 0) is 12.7 Å². The summed E-state index contributed by atoms with van der Waals surface area (Å²) in [7, 11) is 0. The molecule has 1 aromatic rings. The van der Waals surface area contributed by atoms with Gasteiger partial charge in [0.05, 0.1) is 11.2 Å². The maximum Gasteiger partial charge on any atom is 0.416 e. The Balaban J connectivity index is 2.49. The molecule has 0 aromatic heterocycles. The zero-order valence-electron chi connectivity index (χ0n) is 10.5. The second kappa shape index (κ2) is 5.71. The van der Waals surface area contributed by atoms with Gasteiger partial charge in [-0.3, -0.25) is 0 Å². The molecular weight excluding hydrogens is 243 g/mol. The van der Waals surface area contributed by atoms with Crippen LogP contribution in [0.5, 0.6) is 0 Å². The van der Waals surface area contributed by atoms with Crippen molar-refractivity contribution in [3.05, 3.63) is 35.4 Å². The van der Waals surface area contributed by atoms with E-state index < -0.39 is 17.3 Å². The third-order valence-corrected chi connectivity index (χ3v) is 2.50. The van der Waals surface area contributed by atoms with Gasteiger partial charge in [0.15, 0.2) is 0 Å². The van der Waals surface area contributed by atoms with Gasteiger partial charge in [-0.15, -0.1) is 0 Å². The molecule has 0 atom stereocenters. The molecule has 0 spiro atoms. The van der Waals surface area contributed by atoms with Crippen LogP contribution >= 0.6 is 0 Å². The highest BCUT2D eigenvalue weighted by Crippen LogP contribution is 2.29. The van der Waals surface area contributed by atoms with Gasteiger partial charge in [0.25, 0.3) is 0 Å². The average Bonchev–Trinajstić information content (AvgIpc) is 2.22. The number of rotatable bonds is 5. The molecule has 102 valence electrons. The normalized spacial score (nSPS) is 12.8. The van der Waals surface area contributed by atoms with E-state index in [1.54, 1.807) is 19.9 Å². The van der Waals surface area contributed by atoms with Gasteiger partial charge in [0.2, 0.25) is 0 Å². The Morgan fingerprint density at radius 2 is 1.89 bits per heavy atom. The van der Waals surface area contributed by atoms with Crippen molar-refractivity contribution in [1.82, 2.24) is 5.32 Å². The molecule has 0 aliphatic carbocycles. The lowest BCUT2D eigenvalue weighted by atomic mass is 10.1. The minimum atomic E-state index is -4.30. The summed E-state index contributed by atoms with van der Waals surface area (Å²) in [6.07, 6.45) is -3.75. The molecule has 0 aliphatic rings. The summed E-state index contributed by atoms with van der Waals surface area (Å²) in [6.45, 7) is 4.30. The SMILES string of the molecule is CC(C)(O)CCNCc1cccc(C(F)(F)F)c1. The maximum atomic E-state index is 12.5. The van der Waals surface area contributed by atoms with E-state index in [0.717, 1.165) is 12.1 Å². The van der Waals surface area contributed by atoms with Gasteiger partial charge in [-0.05, 0) is 38.4 Å². The second-order valence-corrected chi connectivity index (χ2v) is 4.94. The third kappa shape index (κ3) is 5.51. The standard InChI is InChI=1S/C13H18F3NO/c1-12(2,18)6-7-17-9-10-4-3-5-11(8-10)13(14,15)16/h3-5,8,17-18H,6-7,9H2,1-2H3. The fraction of sp³-hybridized carbons (Fsp3) is 0.538. The van der Waals surface area contributed by atoms with Crippen LogP contribution in [0.15, 0.2) is 24.3 Å². The molecule has 2 nitrogen and oxygen atoms in total. The van der Waals surface area contributed by atoms with E-state index in [2.05, 4.69) is 5.32 Å². The lowest BCUT2D eigenvalue weighted by molar-refractivity contribution is -0.137. The van der Waals surface area contributed by atoms with Crippen LogP contribution < -0.4 is 5.32 Å². The Hall–Kier alpha value is -1.07. The van der Waals surface area contributed by atoms with Gasteiger partial charge in [0.1, 0.15) is 0 Å². The summed E-state index contributed by atoms with van der Waals surface area (Å²) in [5, 5.41) is 12.5. The van der Waals surface area contributed by atoms with Gasteiger partial charge < -0.3 is 10.4 Å². The van der Waals surface area contributed by atoms with Crippen molar-refractivity contribution in [3.8, 4) is 0 Å². The third-order valence-electron chi connectivity index (χ3n) is 2.50. The van der Waals surface area contributed by atoms with Crippen LogP contribution in [0.4, 0.5) is 13.2 Å². The summed E-state index contributed by atoms with van der Waals surface area (Å²) in [4.78, 5) is 0. The van der Waals surface area contributed by atoms with Crippen LogP contribution in [0.25, 0.3) is 0 Å². The van der Waals surface area contributed by atoms with Crippen molar-refractivity contribution in [2.75, 3.05) is 6.54 Å². The summed E-state index contributed by atoms with van der Waals surface area (Å²) >= 11 is 0. The summed E-state index contributed by atoms with van der Waals surface area (Å²) in [5.41, 5.74) is -0.814. The van der Waals surface area contributed by atoms with E-state index in [-0.39, 0.29) is 0 Å². The molecule has 1 aromatic carbocycles. The van der Waals surface area contributed by atoms with Crippen LogP contribution in [0.2, 0.25) is 0 Å². The van der Waals surface area contributed by atoms with Crippen molar-refractivity contribution in [2.24, 2.45) is 0 Å². The largest absolute Gasteiger partial charge is 0.416 e. The number of halogens is 3. The quantitative estimate of drug-likeness (QED) is 0.799. The van der Waals surface area contributed by atoms with Crippen molar-refractivity contribution >= 4 is 0 Å². The van der Waals surface area contributed by atoms with E-state index in [9.17, 15) is 18.3 Å². The predicted molar refractivity (Wildman–Crippen MR) is 64.1 cm³/mol. The molecule has 5 heteroatoms. The van der Waals surface area contributed by atoms with Crippen molar-refractivity contribution in [1.29, 1.82) is 0 Å². The van der Waals surface area contributed by atoms with Gasteiger partial charge in [0, 0.05) is 6.54 Å². The maximum absolute atomic E-state index is 12.5. The van der Waals surface area contributed by atoms with Crippen LogP contribution in [0.1, 0.15) is 31.4 Å². The number of alkyl halides is 3. The molecule has 0 unspecified atom stereocenters. The second-order valence-electron chi connectivity index (χ2n) is 4.94. The molecule has 0 aliphatic heterocycles. The molecule has 0 fully saturated rings. The molecular formula is C13H18F3NO. The van der Waals surface area contributed by atoms with Crippen molar-refractivity contribution < 1.29 is 18.3 Å². The molecule has 0 saturated carbocycles. The molecule has 0 heterocycles. The van der Waals surface area contributed by atoms with E-state index in [1.165, 1.54) is 6.07 Å². The van der Waals surface area contributed by atoms with Crippen molar-refractivity contribution in [3.63, 3.8) is 0 Å². The number of hydrogen-bond donors (Lipinski definition) is 2. The van der Waals surface area contributed by atoms with Gasteiger partial charge in [-0.1, -0.05) is 18.2 Å². The van der Waals surface area contributed by atoms with Crippen LogP contribution in [0.3, 0.4) is 0 Å². The minimum absolute atomic E-state index is 0.361. The summed E-state index contributed by atoms with van der Waals surface area (Å²) < 4.78 is 37.4. The number of benzene rings is 1. The smallest absolute Gasteiger partial charge is 0.390 e. The highest BCUT2D eigenvalue weighted by Gasteiger charge is 2.30. The predicted octanol–water partition coefficient (Wildman–Crippen LogP) is 2.96. The minimum Gasteiger partial charge on any atom is -0.390 e. The Labute approximate surface area is 105 Å². The van der Waals surface area contributed by atoms with E-state index in [0.29, 0.717) is 25.1 Å². The lowest BCUT2D eigenvalue weighted by Crippen LogP contribution is -2.26. The first-order valence-corrected chi connectivity index (χ1v) is 5.78. The van der Waals surface area contributed by atoms with Crippen LogP contribution in [0, 0.1) is 0 Å². The first kappa shape index (κ1) is 15.0. The molecule has 18 heavy (non-hydrogen) atoms. The zero-order valence-corrected chi connectivity index (χ0v) is 10.5. The van der Waals surface area contributed by atoms with E-state index in [4.69, 9.17) is 0 Å². The summed E-state index contributed by atoms with van der Waals surface area (Å²) in [6, 6.07) is 5.24. The molecule has 0 saturated heterocycles. The van der Waals surface area contributed by atoms with E-state index >= 15 is 0 Å². The zero-order chi connectivity index (χ0) is 13.8. The Morgan fingerprint density at radius 3 is 2.44 bits per heavy atom. The molecule has 0 amide bonds. The fourth-order valence-corrected chi connectivity index (χ4v) is 1.48. The van der Waals surface area contributed by atoms with Crippen LogP contribution in [-0.4, -0.2) is 17.3 Å².